The molecular formula is C16H31N3. The monoisotopic (exact) mass is 265 g/mol. The quantitative estimate of drug-likeness (QED) is 0.695. The molecule has 1 heterocycles. The smallest absolute Gasteiger partial charge is 0.0625 e. The number of hydrogen-bond acceptors (Lipinski definition) is 2. The van der Waals surface area contributed by atoms with Crippen LogP contribution in [0.4, 0.5) is 0 Å². The lowest BCUT2D eigenvalue weighted by atomic mass is 10.1. The third-order valence-corrected chi connectivity index (χ3v) is 3.69. The number of aromatic nitrogens is 2. The van der Waals surface area contributed by atoms with Crippen molar-refractivity contribution in [1.82, 2.24) is 15.1 Å². The van der Waals surface area contributed by atoms with Crippen molar-refractivity contribution >= 4 is 0 Å². The van der Waals surface area contributed by atoms with E-state index in [0.717, 1.165) is 19.5 Å². The zero-order chi connectivity index (χ0) is 14.1. The fourth-order valence-corrected chi connectivity index (χ4v) is 2.50. The van der Waals surface area contributed by atoms with Crippen molar-refractivity contribution in [2.45, 2.75) is 85.4 Å². The van der Waals surface area contributed by atoms with Gasteiger partial charge in [0.25, 0.3) is 0 Å². The van der Waals surface area contributed by atoms with Gasteiger partial charge in [-0.2, -0.15) is 5.10 Å². The van der Waals surface area contributed by atoms with E-state index in [4.69, 9.17) is 0 Å². The molecule has 1 aromatic heterocycles. The molecule has 0 aliphatic rings. The highest BCUT2D eigenvalue weighted by Crippen LogP contribution is 2.10. The summed E-state index contributed by atoms with van der Waals surface area (Å²) in [4.78, 5) is 0. The van der Waals surface area contributed by atoms with Crippen LogP contribution in [0.5, 0.6) is 0 Å². The van der Waals surface area contributed by atoms with E-state index >= 15 is 0 Å². The van der Waals surface area contributed by atoms with E-state index in [-0.39, 0.29) is 0 Å². The number of nitrogens with one attached hydrogen (secondary N) is 1. The Bertz CT molecular complexity index is 344. The van der Waals surface area contributed by atoms with Crippen LogP contribution in [0.25, 0.3) is 0 Å². The second-order valence-corrected chi connectivity index (χ2v) is 5.31. The molecule has 19 heavy (non-hydrogen) atoms. The first-order valence-corrected chi connectivity index (χ1v) is 8.04. The molecule has 0 bridgehead atoms. The molecule has 1 unspecified atom stereocenters. The maximum atomic E-state index is 4.61. The summed E-state index contributed by atoms with van der Waals surface area (Å²) >= 11 is 0. The molecule has 0 spiro atoms. The van der Waals surface area contributed by atoms with Crippen molar-refractivity contribution in [3.63, 3.8) is 0 Å². The van der Waals surface area contributed by atoms with E-state index < -0.39 is 0 Å². The van der Waals surface area contributed by atoms with Crippen LogP contribution in [0.2, 0.25) is 0 Å². The lowest BCUT2D eigenvalue weighted by Gasteiger charge is -2.18. The van der Waals surface area contributed by atoms with Gasteiger partial charge >= 0.3 is 0 Å². The Morgan fingerprint density at radius 2 is 1.95 bits per heavy atom. The van der Waals surface area contributed by atoms with Gasteiger partial charge in [-0.05, 0) is 32.3 Å². The van der Waals surface area contributed by atoms with Gasteiger partial charge in [0.1, 0.15) is 0 Å². The van der Waals surface area contributed by atoms with Crippen molar-refractivity contribution in [2.75, 3.05) is 0 Å². The highest BCUT2D eigenvalue weighted by Gasteiger charge is 2.10. The van der Waals surface area contributed by atoms with Gasteiger partial charge < -0.3 is 5.32 Å². The zero-order valence-electron chi connectivity index (χ0n) is 13.2. The molecule has 0 aliphatic heterocycles. The first-order valence-electron chi connectivity index (χ1n) is 8.04. The molecular weight excluding hydrogens is 234 g/mol. The lowest BCUT2D eigenvalue weighted by molar-refractivity contribution is 0.424. The normalized spacial score (nSPS) is 12.8. The molecule has 0 aliphatic carbocycles. The predicted octanol–water partition coefficient (Wildman–Crippen LogP) is 3.91. The minimum atomic E-state index is 0.662. The molecule has 110 valence electrons. The van der Waals surface area contributed by atoms with Gasteiger partial charge in [-0.25, -0.2) is 0 Å². The third-order valence-electron chi connectivity index (χ3n) is 3.69. The summed E-state index contributed by atoms with van der Waals surface area (Å²) in [7, 11) is 0. The standard InChI is InChI=1S/C16H31N3/c1-5-9-11-15(10-6-2)17-13-16-12-14(7-3)18-19(16)8-4/h12,15,17H,5-11,13H2,1-4H3. The van der Waals surface area contributed by atoms with Crippen molar-refractivity contribution < 1.29 is 0 Å². The lowest BCUT2D eigenvalue weighted by Crippen LogP contribution is -2.29. The van der Waals surface area contributed by atoms with Crippen molar-refractivity contribution in [1.29, 1.82) is 0 Å². The summed E-state index contributed by atoms with van der Waals surface area (Å²) in [5, 5.41) is 8.33. The van der Waals surface area contributed by atoms with E-state index in [0.29, 0.717) is 6.04 Å². The van der Waals surface area contributed by atoms with Crippen molar-refractivity contribution in [2.24, 2.45) is 0 Å². The van der Waals surface area contributed by atoms with Crippen LogP contribution >= 0.6 is 0 Å². The van der Waals surface area contributed by atoms with Crippen LogP contribution in [0.3, 0.4) is 0 Å². The molecule has 0 aromatic carbocycles. The average Bonchev–Trinajstić information content (AvgIpc) is 2.84. The molecule has 0 amide bonds. The fourth-order valence-electron chi connectivity index (χ4n) is 2.50. The molecule has 3 nitrogen and oxygen atoms in total. The first-order chi connectivity index (χ1) is 9.24. The van der Waals surface area contributed by atoms with Gasteiger partial charge in [-0.1, -0.05) is 40.0 Å². The first kappa shape index (κ1) is 16.2. The van der Waals surface area contributed by atoms with Gasteiger partial charge in [0.15, 0.2) is 0 Å². The molecule has 1 atom stereocenters. The molecule has 1 aromatic rings. The second kappa shape index (κ2) is 9.13. The highest BCUT2D eigenvalue weighted by atomic mass is 15.3. The zero-order valence-corrected chi connectivity index (χ0v) is 13.2. The number of aryl methyl sites for hydroxylation is 2. The Hall–Kier alpha value is -0.830. The third kappa shape index (κ3) is 5.35. The van der Waals surface area contributed by atoms with E-state index in [9.17, 15) is 0 Å². The maximum absolute atomic E-state index is 4.61. The van der Waals surface area contributed by atoms with E-state index in [1.165, 1.54) is 43.5 Å². The van der Waals surface area contributed by atoms with Crippen LogP contribution in [-0.2, 0) is 19.5 Å². The van der Waals surface area contributed by atoms with Gasteiger partial charge in [0.2, 0.25) is 0 Å². The fraction of sp³-hybridized carbons (Fsp3) is 0.812. The summed E-state index contributed by atoms with van der Waals surface area (Å²) in [5.74, 6) is 0. The molecule has 0 radical (unpaired) electrons. The minimum absolute atomic E-state index is 0.662. The highest BCUT2D eigenvalue weighted by molar-refractivity contribution is 5.10. The van der Waals surface area contributed by atoms with Gasteiger partial charge in [0, 0.05) is 19.1 Å². The SMILES string of the molecule is CCCCC(CCC)NCc1cc(CC)nn1CC. The average molecular weight is 265 g/mol. The molecule has 0 saturated carbocycles. The van der Waals surface area contributed by atoms with E-state index in [2.05, 4.69) is 48.9 Å². The molecule has 0 fully saturated rings. The van der Waals surface area contributed by atoms with E-state index in [1.54, 1.807) is 0 Å². The molecule has 1 rings (SSSR count). The van der Waals surface area contributed by atoms with E-state index in [1.807, 2.05) is 0 Å². The van der Waals surface area contributed by atoms with Crippen molar-refractivity contribution in [3.05, 3.63) is 17.5 Å². The number of nitrogens with zero attached hydrogens (tertiary/aromatic N) is 2. The van der Waals surface area contributed by atoms with Crippen LogP contribution in [0, 0.1) is 0 Å². The largest absolute Gasteiger partial charge is 0.308 e. The second-order valence-electron chi connectivity index (χ2n) is 5.31. The molecule has 0 saturated heterocycles. The Kier molecular flexibility index (Phi) is 7.80. The van der Waals surface area contributed by atoms with Gasteiger partial charge in [0.05, 0.1) is 11.4 Å². The Morgan fingerprint density at radius 1 is 1.16 bits per heavy atom. The minimum Gasteiger partial charge on any atom is -0.308 e. The maximum Gasteiger partial charge on any atom is 0.0625 e. The number of hydrogen-bond donors (Lipinski definition) is 1. The Balaban J connectivity index is 2.54. The topological polar surface area (TPSA) is 29.9 Å². The van der Waals surface area contributed by atoms with Gasteiger partial charge in [-0.3, -0.25) is 4.68 Å². The summed E-state index contributed by atoms with van der Waals surface area (Å²) in [6.07, 6.45) is 7.47. The Labute approximate surface area is 118 Å². The summed E-state index contributed by atoms with van der Waals surface area (Å²) < 4.78 is 2.13. The van der Waals surface area contributed by atoms with Crippen LogP contribution in [0.15, 0.2) is 6.07 Å². The number of rotatable bonds is 10. The molecule has 3 heteroatoms. The van der Waals surface area contributed by atoms with Crippen LogP contribution < -0.4 is 5.32 Å². The summed E-state index contributed by atoms with van der Waals surface area (Å²) in [6, 6.07) is 2.91. The van der Waals surface area contributed by atoms with Crippen LogP contribution in [-0.4, -0.2) is 15.8 Å². The van der Waals surface area contributed by atoms with Crippen molar-refractivity contribution in [3.8, 4) is 0 Å². The predicted molar refractivity (Wildman–Crippen MR) is 82.3 cm³/mol. The number of unbranched alkanes of at least 4 members (excludes halogenated alkanes) is 1. The molecule has 1 N–H and O–H groups in total. The van der Waals surface area contributed by atoms with Gasteiger partial charge in [-0.15, -0.1) is 0 Å². The van der Waals surface area contributed by atoms with Crippen LogP contribution in [0.1, 0.15) is 71.2 Å². The Morgan fingerprint density at radius 3 is 2.53 bits per heavy atom. The summed E-state index contributed by atoms with van der Waals surface area (Å²) in [5.41, 5.74) is 2.54. The summed E-state index contributed by atoms with van der Waals surface area (Å²) in [6.45, 7) is 10.8.